The number of rotatable bonds is 9. The summed E-state index contributed by atoms with van der Waals surface area (Å²) < 4.78 is 1.95. The molecule has 0 aromatic carbocycles. The summed E-state index contributed by atoms with van der Waals surface area (Å²) in [6.07, 6.45) is 4.81. The summed E-state index contributed by atoms with van der Waals surface area (Å²) in [5, 5.41) is 13.1. The van der Waals surface area contributed by atoms with Crippen LogP contribution in [-0.4, -0.2) is 54.4 Å². The molecule has 0 radical (unpaired) electrons. The van der Waals surface area contributed by atoms with Gasteiger partial charge in [-0.15, -0.1) is 35.3 Å². The van der Waals surface area contributed by atoms with Crippen molar-refractivity contribution >= 4 is 41.3 Å². The molecule has 0 fully saturated rings. The van der Waals surface area contributed by atoms with Crippen molar-refractivity contribution in [3.8, 4) is 0 Å². The third kappa shape index (κ3) is 7.74. The molecule has 1 unspecified atom stereocenters. The number of hydrogen-bond donors (Lipinski definition) is 2. The van der Waals surface area contributed by atoms with E-state index < -0.39 is 0 Å². The Kier molecular flexibility index (Phi) is 10.7. The van der Waals surface area contributed by atoms with Crippen LogP contribution in [0.1, 0.15) is 24.3 Å². The number of thiophene rings is 1. The van der Waals surface area contributed by atoms with Gasteiger partial charge in [0.25, 0.3) is 0 Å². The fourth-order valence-corrected chi connectivity index (χ4v) is 3.30. The van der Waals surface area contributed by atoms with E-state index >= 15 is 0 Å². The SMILES string of the molecule is CCNC(=NCC(c1cccs1)N(C)C)NCCCn1cccn1.I. The monoisotopic (exact) mass is 476 g/mol. The minimum atomic E-state index is 0. The Hall–Kier alpha value is -1.13. The molecule has 6 nitrogen and oxygen atoms in total. The van der Waals surface area contributed by atoms with Crippen LogP contribution in [0.15, 0.2) is 41.0 Å². The second kappa shape index (κ2) is 12.3. The van der Waals surface area contributed by atoms with E-state index in [1.807, 2.05) is 23.1 Å². The molecular formula is C17H29IN6S. The zero-order chi connectivity index (χ0) is 17.2. The highest BCUT2D eigenvalue weighted by Gasteiger charge is 2.14. The quantitative estimate of drug-likeness (QED) is 0.253. The predicted molar refractivity (Wildman–Crippen MR) is 117 cm³/mol. The Balaban J connectivity index is 0.00000312. The van der Waals surface area contributed by atoms with Crippen molar-refractivity contribution < 1.29 is 0 Å². The molecule has 2 heterocycles. The summed E-state index contributed by atoms with van der Waals surface area (Å²) in [5.74, 6) is 0.876. The van der Waals surface area contributed by atoms with Gasteiger partial charge >= 0.3 is 0 Å². The molecule has 0 amide bonds. The molecule has 8 heteroatoms. The zero-order valence-corrected chi connectivity index (χ0v) is 18.3. The van der Waals surface area contributed by atoms with Crippen LogP contribution in [0.25, 0.3) is 0 Å². The maximum absolute atomic E-state index is 4.76. The van der Waals surface area contributed by atoms with Crippen molar-refractivity contribution in [1.29, 1.82) is 0 Å². The molecule has 2 N–H and O–H groups in total. The molecule has 1 atom stereocenters. The number of nitrogens with one attached hydrogen (secondary N) is 2. The third-order valence-electron chi connectivity index (χ3n) is 3.68. The number of aryl methyl sites for hydroxylation is 1. The van der Waals surface area contributed by atoms with Gasteiger partial charge in [-0.3, -0.25) is 9.67 Å². The molecule has 0 aliphatic rings. The molecular weight excluding hydrogens is 447 g/mol. The van der Waals surface area contributed by atoms with Crippen molar-refractivity contribution in [2.45, 2.75) is 25.9 Å². The molecule has 2 rings (SSSR count). The van der Waals surface area contributed by atoms with Gasteiger partial charge in [0.2, 0.25) is 0 Å². The fraction of sp³-hybridized carbons (Fsp3) is 0.529. The van der Waals surface area contributed by atoms with Crippen LogP contribution in [0.5, 0.6) is 0 Å². The molecule has 2 aromatic heterocycles. The van der Waals surface area contributed by atoms with Crippen molar-refractivity contribution in [1.82, 2.24) is 25.3 Å². The van der Waals surface area contributed by atoms with Crippen molar-refractivity contribution in [3.63, 3.8) is 0 Å². The molecule has 0 saturated heterocycles. The first kappa shape index (κ1) is 21.9. The summed E-state index contributed by atoms with van der Waals surface area (Å²) in [4.78, 5) is 8.33. The van der Waals surface area contributed by atoms with Crippen molar-refractivity contribution in [2.75, 3.05) is 33.7 Å². The Morgan fingerprint density at radius 2 is 2.20 bits per heavy atom. The number of aromatic nitrogens is 2. The third-order valence-corrected chi connectivity index (χ3v) is 4.65. The number of aliphatic imine (C=N–C) groups is 1. The van der Waals surface area contributed by atoms with Crippen LogP contribution in [0.3, 0.4) is 0 Å². The van der Waals surface area contributed by atoms with E-state index in [9.17, 15) is 0 Å². The van der Waals surface area contributed by atoms with Gasteiger partial charge in [-0.1, -0.05) is 6.07 Å². The van der Waals surface area contributed by atoms with Crippen LogP contribution in [0.4, 0.5) is 0 Å². The zero-order valence-electron chi connectivity index (χ0n) is 15.2. The lowest BCUT2D eigenvalue weighted by Gasteiger charge is -2.22. The molecule has 140 valence electrons. The van der Waals surface area contributed by atoms with E-state index in [2.05, 4.69) is 59.2 Å². The van der Waals surface area contributed by atoms with E-state index in [1.54, 1.807) is 11.3 Å². The highest BCUT2D eigenvalue weighted by Crippen LogP contribution is 2.23. The summed E-state index contributed by atoms with van der Waals surface area (Å²) in [7, 11) is 4.20. The number of guanidine groups is 1. The van der Waals surface area contributed by atoms with E-state index in [0.717, 1.165) is 38.6 Å². The number of hydrogen-bond acceptors (Lipinski definition) is 4. The maximum atomic E-state index is 4.76. The summed E-state index contributed by atoms with van der Waals surface area (Å²) >= 11 is 1.78. The topological polar surface area (TPSA) is 57.5 Å². The second-order valence-electron chi connectivity index (χ2n) is 5.76. The smallest absolute Gasteiger partial charge is 0.191 e. The van der Waals surface area contributed by atoms with Crippen LogP contribution < -0.4 is 10.6 Å². The van der Waals surface area contributed by atoms with Gasteiger partial charge < -0.3 is 15.5 Å². The highest BCUT2D eigenvalue weighted by molar-refractivity contribution is 14.0. The summed E-state index contributed by atoms with van der Waals surface area (Å²) in [5.41, 5.74) is 0. The largest absolute Gasteiger partial charge is 0.357 e. The number of nitrogens with zero attached hydrogens (tertiary/aromatic N) is 4. The minimum Gasteiger partial charge on any atom is -0.357 e. The van der Waals surface area contributed by atoms with Gasteiger partial charge in [0.1, 0.15) is 0 Å². The lowest BCUT2D eigenvalue weighted by molar-refractivity contribution is 0.310. The lowest BCUT2D eigenvalue weighted by Crippen LogP contribution is -2.38. The van der Waals surface area contributed by atoms with Gasteiger partial charge in [0.15, 0.2) is 5.96 Å². The van der Waals surface area contributed by atoms with E-state index in [4.69, 9.17) is 4.99 Å². The number of halogens is 1. The predicted octanol–water partition coefficient (Wildman–Crippen LogP) is 2.81. The first-order valence-electron chi connectivity index (χ1n) is 8.40. The van der Waals surface area contributed by atoms with Gasteiger partial charge in [0, 0.05) is 36.9 Å². The fourth-order valence-electron chi connectivity index (χ4n) is 2.39. The molecule has 0 aliphatic heterocycles. The van der Waals surface area contributed by atoms with E-state index in [0.29, 0.717) is 6.04 Å². The molecule has 25 heavy (non-hydrogen) atoms. The Labute approximate surface area is 171 Å². The van der Waals surface area contributed by atoms with E-state index in [-0.39, 0.29) is 24.0 Å². The Morgan fingerprint density at radius 1 is 1.36 bits per heavy atom. The Morgan fingerprint density at radius 3 is 2.80 bits per heavy atom. The lowest BCUT2D eigenvalue weighted by atomic mass is 10.2. The van der Waals surface area contributed by atoms with Gasteiger partial charge in [-0.25, -0.2) is 0 Å². The second-order valence-corrected chi connectivity index (χ2v) is 6.74. The number of likely N-dealkylation sites (N-methyl/N-ethyl adjacent to an activating group) is 1. The molecule has 2 aromatic rings. The van der Waals surface area contributed by atoms with Gasteiger partial charge in [-0.05, 0) is 45.0 Å². The highest BCUT2D eigenvalue weighted by atomic mass is 127. The van der Waals surface area contributed by atoms with Crippen LogP contribution in [-0.2, 0) is 6.54 Å². The standard InChI is InChI=1S/C17H28N6S.HI/c1-4-18-17(19-9-6-11-23-12-7-10-21-23)20-14-15(22(2)3)16-8-5-13-24-16;/h5,7-8,10,12-13,15H,4,6,9,11,14H2,1-3H3,(H2,18,19,20);1H. The van der Waals surface area contributed by atoms with Gasteiger partial charge in [0.05, 0.1) is 12.6 Å². The van der Waals surface area contributed by atoms with Crippen LogP contribution in [0, 0.1) is 0 Å². The minimum absolute atomic E-state index is 0. The van der Waals surface area contributed by atoms with Crippen molar-refractivity contribution in [3.05, 3.63) is 40.8 Å². The first-order valence-corrected chi connectivity index (χ1v) is 9.28. The first-order chi connectivity index (χ1) is 11.7. The molecule has 0 aliphatic carbocycles. The Bertz CT molecular complexity index is 582. The molecule has 0 spiro atoms. The maximum Gasteiger partial charge on any atom is 0.191 e. The average Bonchev–Trinajstić information content (AvgIpc) is 3.25. The summed E-state index contributed by atoms with van der Waals surface area (Å²) in [6, 6.07) is 6.53. The summed E-state index contributed by atoms with van der Waals surface area (Å²) in [6.45, 7) is 5.47. The van der Waals surface area contributed by atoms with Gasteiger partial charge in [-0.2, -0.15) is 5.10 Å². The van der Waals surface area contributed by atoms with Crippen molar-refractivity contribution in [2.24, 2.45) is 4.99 Å². The molecule has 0 saturated carbocycles. The van der Waals surface area contributed by atoms with Crippen LogP contribution >= 0.6 is 35.3 Å². The normalized spacial score (nSPS) is 12.7. The van der Waals surface area contributed by atoms with E-state index in [1.165, 1.54) is 4.88 Å². The molecule has 0 bridgehead atoms. The van der Waals surface area contributed by atoms with Crippen LogP contribution in [0.2, 0.25) is 0 Å². The average molecular weight is 476 g/mol.